The Hall–Kier alpha value is -2.53. The van der Waals surface area contributed by atoms with E-state index < -0.39 is 35.6 Å². The third kappa shape index (κ3) is 3.97. The predicted octanol–water partition coefficient (Wildman–Crippen LogP) is 2.65. The molecule has 2 fully saturated rings. The van der Waals surface area contributed by atoms with Crippen LogP contribution in [0.25, 0.3) is 5.69 Å². The lowest BCUT2D eigenvalue weighted by molar-refractivity contribution is -0.143. The van der Waals surface area contributed by atoms with Crippen LogP contribution >= 0.6 is 0 Å². The Morgan fingerprint density at radius 3 is 2.66 bits per heavy atom. The van der Waals surface area contributed by atoms with Gasteiger partial charge in [0.05, 0.1) is 18.9 Å². The lowest BCUT2D eigenvalue weighted by Gasteiger charge is -2.34. The molecule has 0 bridgehead atoms. The van der Waals surface area contributed by atoms with E-state index in [1.165, 1.54) is 17.0 Å². The molecule has 3 heterocycles. The second-order valence-electron chi connectivity index (χ2n) is 6.94. The van der Waals surface area contributed by atoms with E-state index in [0.717, 1.165) is 18.6 Å². The van der Waals surface area contributed by atoms with E-state index in [1.807, 2.05) is 0 Å². The number of likely N-dealkylation sites (tertiary alicyclic amines) is 1. The van der Waals surface area contributed by atoms with Crippen LogP contribution in [-0.4, -0.2) is 58.4 Å². The average molecular weight is 414 g/mol. The van der Waals surface area contributed by atoms with Gasteiger partial charge in [-0.05, 0) is 31.0 Å². The van der Waals surface area contributed by atoms with Gasteiger partial charge in [0, 0.05) is 19.0 Å². The Kier molecular flexibility index (Phi) is 5.26. The quantitative estimate of drug-likeness (QED) is 0.723. The number of alkyl halides is 3. The highest BCUT2D eigenvalue weighted by atomic mass is 19.4. The Morgan fingerprint density at radius 2 is 1.97 bits per heavy atom. The van der Waals surface area contributed by atoms with Crippen LogP contribution in [-0.2, 0) is 15.7 Å². The van der Waals surface area contributed by atoms with Gasteiger partial charge in [0.2, 0.25) is 0 Å². The molecule has 1 unspecified atom stereocenters. The molecule has 156 valence electrons. The molecule has 1 amide bonds. The maximum absolute atomic E-state index is 13.8. The molecule has 2 aliphatic rings. The summed E-state index contributed by atoms with van der Waals surface area (Å²) in [6.07, 6.45) is -4.01. The summed E-state index contributed by atoms with van der Waals surface area (Å²) in [5.74, 6) is -1.72. The zero-order valence-electron chi connectivity index (χ0n) is 15.2. The van der Waals surface area contributed by atoms with Crippen molar-refractivity contribution in [2.24, 2.45) is 5.92 Å². The van der Waals surface area contributed by atoms with Crippen molar-refractivity contribution in [3.63, 3.8) is 0 Å². The number of hydrogen-bond acceptors (Lipinski definition) is 5. The highest BCUT2D eigenvalue weighted by Gasteiger charge is 2.44. The first-order chi connectivity index (χ1) is 13.8. The van der Waals surface area contributed by atoms with Crippen LogP contribution in [0.2, 0.25) is 0 Å². The topological polar surface area (TPSA) is 69.5 Å². The molecule has 0 N–H and O–H groups in total. The normalized spacial score (nSPS) is 21.0. The van der Waals surface area contributed by atoms with E-state index >= 15 is 0 Å². The molecule has 4 rings (SSSR count). The third-order valence-electron chi connectivity index (χ3n) is 4.97. The van der Waals surface area contributed by atoms with Crippen LogP contribution in [0.15, 0.2) is 24.3 Å². The van der Waals surface area contributed by atoms with Crippen molar-refractivity contribution in [2.45, 2.75) is 25.3 Å². The summed E-state index contributed by atoms with van der Waals surface area (Å²) in [5, 5.41) is 6.99. The number of ether oxygens (including phenoxy) is 2. The van der Waals surface area contributed by atoms with Crippen LogP contribution < -0.4 is 0 Å². The SMILES string of the molecule is O=C(c1nnn(-c2cccc(F)c2)c1C(F)(F)F)N1CCCC(C2OCCO2)C1. The fraction of sp³-hybridized carbons (Fsp3) is 0.500. The highest BCUT2D eigenvalue weighted by molar-refractivity contribution is 5.93. The van der Waals surface area contributed by atoms with Crippen molar-refractivity contribution in [3.8, 4) is 5.69 Å². The second kappa shape index (κ2) is 7.71. The summed E-state index contributed by atoms with van der Waals surface area (Å²) in [4.78, 5) is 14.2. The summed E-state index contributed by atoms with van der Waals surface area (Å²) in [6.45, 7) is 1.41. The molecule has 0 radical (unpaired) electrons. The third-order valence-corrected chi connectivity index (χ3v) is 4.97. The number of aromatic nitrogens is 3. The first-order valence-corrected chi connectivity index (χ1v) is 9.16. The summed E-state index contributed by atoms with van der Waals surface area (Å²) in [7, 11) is 0. The van der Waals surface area contributed by atoms with E-state index in [4.69, 9.17) is 9.47 Å². The number of carbonyl (C=O) groups is 1. The summed E-state index contributed by atoms with van der Waals surface area (Å²) >= 11 is 0. The molecule has 0 saturated carbocycles. The van der Waals surface area contributed by atoms with Crippen molar-refractivity contribution in [1.29, 1.82) is 0 Å². The maximum atomic E-state index is 13.8. The van der Waals surface area contributed by atoms with Gasteiger partial charge < -0.3 is 14.4 Å². The minimum atomic E-state index is -4.91. The molecule has 1 atom stereocenters. The van der Waals surface area contributed by atoms with Gasteiger partial charge in [-0.3, -0.25) is 4.79 Å². The summed E-state index contributed by atoms with van der Waals surface area (Å²) in [6, 6.07) is 4.50. The number of carbonyl (C=O) groups excluding carboxylic acids is 1. The van der Waals surface area contributed by atoms with E-state index in [9.17, 15) is 22.4 Å². The number of hydrogen-bond donors (Lipinski definition) is 0. The number of amides is 1. The number of halogens is 4. The molecule has 7 nitrogen and oxygen atoms in total. The van der Waals surface area contributed by atoms with E-state index in [0.29, 0.717) is 30.9 Å². The standard InChI is InChI=1S/C18H18F4N4O3/c19-12-4-1-5-13(9-12)26-15(18(20,21)22)14(23-24-26)16(27)25-6-2-3-11(10-25)17-28-7-8-29-17/h1,4-5,9,11,17H,2-3,6-8,10H2. The van der Waals surface area contributed by atoms with Crippen molar-refractivity contribution in [3.05, 3.63) is 41.5 Å². The van der Waals surface area contributed by atoms with Crippen LogP contribution in [0, 0.1) is 11.7 Å². The van der Waals surface area contributed by atoms with E-state index in [2.05, 4.69) is 10.3 Å². The number of benzene rings is 1. The van der Waals surface area contributed by atoms with Gasteiger partial charge >= 0.3 is 6.18 Å². The molecule has 2 saturated heterocycles. The van der Waals surface area contributed by atoms with Crippen LogP contribution in [0.3, 0.4) is 0 Å². The maximum Gasteiger partial charge on any atom is 0.435 e. The second-order valence-corrected chi connectivity index (χ2v) is 6.94. The number of rotatable bonds is 3. The largest absolute Gasteiger partial charge is 0.435 e. The zero-order chi connectivity index (χ0) is 20.6. The van der Waals surface area contributed by atoms with Gasteiger partial charge in [0.25, 0.3) is 5.91 Å². The predicted molar refractivity (Wildman–Crippen MR) is 90.6 cm³/mol. The highest BCUT2D eigenvalue weighted by Crippen LogP contribution is 2.34. The molecule has 29 heavy (non-hydrogen) atoms. The fourth-order valence-electron chi connectivity index (χ4n) is 3.68. The van der Waals surface area contributed by atoms with E-state index in [-0.39, 0.29) is 18.2 Å². The molecule has 0 aliphatic carbocycles. The lowest BCUT2D eigenvalue weighted by Crippen LogP contribution is -2.44. The van der Waals surface area contributed by atoms with Crippen molar-refractivity contribution >= 4 is 5.91 Å². The monoisotopic (exact) mass is 414 g/mol. The minimum absolute atomic E-state index is 0.122. The Bertz CT molecular complexity index is 895. The minimum Gasteiger partial charge on any atom is -0.350 e. The van der Waals surface area contributed by atoms with Gasteiger partial charge in [-0.1, -0.05) is 11.3 Å². The Labute approximate surface area is 163 Å². The molecule has 11 heteroatoms. The first-order valence-electron chi connectivity index (χ1n) is 9.16. The van der Waals surface area contributed by atoms with Gasteiger partial charge in [0.15, 0.2) is 17.7 Å². The molecule has 1 aromatic heterocycles. The Morgan fingerprint density at radius 1 is 1.21 bits per heavy atom. The van der Waals surface area contributed by atoms with Crippen molar-refractivity contribution < 1.29 is 31.8 Å². The van der Waals surface area contributed by atoms with Crippen LogP contribution in [0.4, 0.5) is 17.6 Å². The first kappa shape index (κ1) is 19.8. The molecule has 1 aromatic carbocycles. The molecule has 2 aliphatic heterocycles. The van der Waals surface area contributed by atoms with Crippen LogP contribution in [0.5, 0.6) is 0 Å². The van der Waals surface area contributed by atoms with Gasteiger partial charge in [-0.15, -0.1) is 5.10 Å². The zero-order valence-corrected chi connectivity index (χ0v) is 15.2. The molecule has 2 aromatic rings. The van der Waals surface area contributed by atoms with Crippen molar-refractivity contribution in [2.75, 3.05) is 26.3 Å². The van der Waals surface area contributed by atoms with Gasteiger partial charge in [-0.25, -0.2) is 9.07 Å². The number of nitrogens with zero attached hydrogens (tertiary/aromatic N) is 4. The lowest BCUT2D eigenvalue weighted by atomic mass is 9.97. The van der Waals surface area contributed by atoms with Crippen molar-refractivity contribution in [1.82, 2.24) is 19.9 Å². The smallest absolute Gasteiger partial charge is 0.350 e. The fourth-order valence-corrected chi connectivity index (χ4v) is 3.68. The van der Waals surface area contributed by atoms with E-state index in [1.54, 1.807) is 0 Å². The average Bonchev–Trinajstić information content (AvgIpc) is 3.37. The number of piperidine rings is 1. The summed E-state index contributed by atoms with van der Waals surface area (Å²) in [5.41, 5.74) is -2.31. The van der Waals surface area contributed by atoms with Gasteiger partial charge in [-0.2, -0.15) is 13.2 Å². The van der Waals surface area contributed by atoms with Gasteiger partial charge in [0.1, 0.15) is 5.82 Å². The molecular weight excluding hydrogens is 396 g/mol. The summed E-state index contributed by atoms with van der Waals surface area (Å²) < 4.78 is 66.2. The Balaban J connectivity index is 1.64. The molecular formula is C18H18F4N4O3. The molecule has 0 spiro atoms. The van der Waals surface area contributed by atoms with Crippen LogP contribution in [0.1, 0.15) is 29.0 Å².